The van der Waals surface area contributed by atoms with Crippen molar-refractivity contribution in [1.29, 1.82) is 0 Å². The topological polar surface area (TPSA) is 58.9 Å². The van der Waals surface area contributed by atoms with Crippen LogP contribution in [0.1, 0.15) is 85.5 Å². The molecular weight excluding hydrogens is 388 g/mol. The average molecular weight is 433 g/mol. The molecule has 0 radical (unpaired) electrons. The van der Waals surface area contributed by atoms with Gasteiger partial charge >= 0.3 is 0 Å². The third-order valence-corrected chi connectivity index (χ3v) is 11.9. The standard InChI is InChI=1S/C27H44O4/c1-15-5-10-27(30-14-15)16(2)24-23(31-27)13-20-18-12-22(29)21-11-17(28)6-8-25(21,3)19(18)7-9-26(20,24)4/h15-24,28-29H,5-14H2,1-4H3/t15-,16-,17+,18+,19-,20-,21-,22+,23-,24-,25-,26+,27-/m1/s1. The zero-order valence-corrected chi connectivity index (χ0v) is 20.1. The number of aliphatic hydroxyl groups excluding tert-OH is 2. The van der Waals surface area contributed by atoms with Gasteiger partial charge < -0.3 is 19.7 Å². The molecule has 0 unspecified atom stereocenters. The summed E-state index contributed by atoms with van der Waals surface area (Å²) in [5.41, 5.74) is 0.495. The van der Waals surface area contributed by atoms with E-state index < -0.39 is 0 Å². The molecule has 6 aliphatic rings. The van der Waals surface area contributed by atoms with Gasteiger partial charge in [-0.3, -0.25) is 0 Å². The molecule has 2 heterocycles. The molecule has 4 heteroatoms. The monoisotopic (exact) mass is 432 g/mol. The maximum Gasteiger partial charge on any atom is 0.171 e. The summed E-state index contributed by atoms with van der Waals surface area (Å²) in [5, 5.41) is 21.5. The largest absolute Gasteiger partial charge is 0.393 e. The molecule has 0 aromatic carbocycles. The molecule has 2 N–H and O–H groups in total. The fourth-order valence-electron chi connectivity index (χ4n) is 10.3. The van der Waals surface area contributed by atoms with Crippen molar-refractivity contribution in [2.45, 2.75) is 110 Å². The van der Waals surface area contributed by atoms with Gasteiger partial charge in [0.15, 0.2) is 5.79 Å². The van der Waals surface area contributed by atoms with E-state index in [0.29, 0.717) is 47.0 Å². The van der Waals surface area contributed by atoms with Crippen LogP contribution in [0.15, 0.2) is 0 Å². The van der Waals surface area contributed by atoms with Crippen molar-refractivity contribution in [3.63, 3.8) is 0 Å². The van der Waals surface area contributed by atoms with Gasteiger partial charge in [0.05, 0.1) is 24.9 Å². The fourth-order valence-corrected chi connectivity index (χ4v) is 10.3. The van der Waals surface area contributed by atoms with Crippen LogP contribution in [-0.4, -0.2) is 40.9 Å². The van der Waals surface area contributed by atoms with Gasteiger partial charge in [0.2, 0.25) is 0 Å². The Labute approximate surface area is 188 Å². The van der Waals surface area contributed by atoms with Crippen LogP contribution in [0.4, 0.5) is 0 Å². The fraction of sp³-hybridized carbons (Fsp3) is 1.00. The van der Waals surface area contributed by atoms with Crippen LogP contribution in [0.5, 0.6) is 0 Å². The molecule has 13 atom stereocenters. The van der Waals surface area contributed by atoms with Crippen LogP contribution in [0.25, 0.3) is 0 Å². The Morgan fingerprint density at radius 3 is 2.32 bits per heavy atom. The molecule has 0 bridgehead atoms. The molecule has 4 aliphatic carbocycles. The predicted octanol–water partition coefficient (Wildman–Crippen LogP) is 4.76. The first-order valence-electron chi connectivity index (χ1n) is 13.4. The van der Waals surface area contributed by atoms with E-state index in [4.69, 9.17) is 9.47 Å². The average Bonchev–Trinajstić information content (AvgIpc) is 3.17. The molecule has 1 spiro atoms. The summed E-state index contributed by atoms with van der Waals surface area (Å²) in [6.45, 7) is 10.6. The van der Waals surface area contributed by atoms with Crippen molar-refractivity contribution in [1.82, 2.24) is 0 Å². The minimum Gasteiger partial charge on any atom is -0.393 e. The summed E-state index contributed by atoms with van der Waals surface area (Å²) in [7, 11) is 0. The van der Waals surface area contributed by atoms with E-state index in [-0.39, 0.29) is 29.3 Å². The minimum absolute atomic E-state index is 0.191. The number of hydrogen-bond acceptors (Lipinski definition) is 4. The van der Waals surface area contributed by atoms with E-state index in [0.717, 1.165) is 45.1 Å². The molecule has 2 aliphatic heterocycles. The summed E-state index contributed by atoms with van der Waals surface area (Å²) < 4.78 is 13.3. The number of hydrogen-bond donors (Lipinski definition) is 2. The molecule has 176 valence electrons. The Bertz CT molecular complexity index is 716. The number of aliphatic hydroxyl groups is 2. The van der Waals surface area contributed by atoms with E-state index in [9.17, 15) is 10.2 Å². The van der Waals surface area contributed by atoms with Gasteiger partial charge in [-0.2, -0.15) is 0 Å². The second-order valence-corrected chi connectivity index (χ2v) is 13.2. The number of ether oxygens (including phenoxy) is 2. The van der Waals surface area contributed by atoms with Gasteiger partial charge in [-0.1, -0.05) is 27.7 Å². The Morgan fingerprint density at radius 1 is 0.806 bits per heavy atom. The van der Waals surface area contributed by atoms with Crippen LogP contribution in [0.3, 0.4) is 0 Å². The molecular formula is C27H44O4. The highest BCUT2D eigenvalue weighted by Crippen LogP contribution is 2.71. The summed E-state index contributed by atoms with van der Waals surface area (Å²) in [6.07, 6.45) is 9.58. The molecule has 0 aromatic rings. The molecule has 31 heavy (non-hydrogen) atoms. The molecule has 6 rings (SSSR count). The Hall–Kier alpha value is -0.160. The van der Waals surface area contributed by atoms with Crippen molar-refractivity contribution in [3.8, 4) is 0 Å². The number of fused-ring (bicyclic) bond motifs is 7. The number of rotatable bonds is 0. The molecule has 4 nitrogen and oxygen atoms in total. The van der Waals surface area contributed by atoms with Crippen molar-refractivity contribution in [2.75, 3.05) is 6.61 Å². The first-order valence-corrected chi connectivity index (χ1v) is 13.4. The molecule has 4 saturated carbocycles. The van der Waals surface area contributed by atoms with Gasteiger partial charge in [0, 0.05) is 12.3 Å². The minimum atomic E-state index is -0.338. The highest BCUT2D eigenvalue weighted by Gasteiger charge is 2.69. The van der Waals surface area contributed by atoms with Crippen molar-refractivity contribution in [2.24, 2.45) is 52.3 Å². The van der Waals surface area contributed by atoms with Crippen molar-refractivity contribution in [3.05, 3.63) is 0 Å². The summed E-state index contributed by atoms with van der Waals surface area (Å²) in [4.78, 5) is 0. The second-order valence-electron chi connectivity index (χ2n) is 13.2. The SMILES string of the molecule is C[C@@H]1CC[C@@]2(OC1)O[C@@H]1C[C@@H]3[C@H]4C[C@H](O)[C@H]5C[C@@H](O)CC[C@]5(C)[C@@H]4CC[C@]3(C)[C@@H]1[C@H]2C. The van der Waals surface area contributed by atoms with Crippen LogP contribution < -0.4 is 0 Å². The van der Waals surface area contributed by atoms with Gasteiger partial charge in [-0.25, -0.2) is 0 Å². The third kappa shape index (κ3) is 2.80. The lowest BCUT2D eigenvalue weighted by atomic mass is 9.43. The Kier molecular flexibility index (Phi) is 4.78. The van der Waals surface area contributed by atoms with Gasteiger partial charge in [-0.15, -0.1) is 0 Å². The van der Waals surface area contributed by atoms with E-state index in [1.54, 1.807) is 0 Å². The van der Waals surface area contributed by atoms with Crippen LogP contribution in [0, 0.1) is 52.3 Å². The van der Waals surface area contributed by atoms with Gasteiger partial charge in [0.1, 0.15) is 0 Å². The highest BCUT2D eigenvalue weighted by atomic mass is 16.7. The van der Waals surface area contributed by atoms with Gasteiger partial charge in [0.25, 0.3) is 0 Å². The van der Waals surface area contributed by atoms with Crippen molar-refractivity contribution >= 4 is 0 Å². The summed E-state index contributed by atoms with van der Waals surface area (Å²) in [6, 6.07) is 0. The van der Waals surface area contributed by atoms with E-state index in [1.165, 1.54) is 19.3 Å². The lowest BCUT2D eigenvalue weighted by Crippen LogP contribution is -2.58. The van der Waals surface area contributed by atoms with E-state index >= 15 is 0 Å². The van der Waals surface area contributed by atoms with Gasteiger partial charge in [-0.05, 0) is 97.7 Å². The maximum absolute atomic E-state index is 11.2. The summed E-state index contributed by atoms with van der Waals surface area (Å²) in [5.74, 6) is 3.58. The van der Waals surface area contributed by atoms with Crippen LogP contribution >= 0.6 is 0 Å². The van der Waals surface area contributed by atoms with Crippen LogP contribution in [0.2, 0.25) is 0 Å². The van der Waals surface area contributed by atoms with Crippen LogP contribution in [-0.2, 0) is 9.47 Å². The third-order valence-electron chi connectivity index (χ3n) is 11.9. The smallest absolute Gasteiger partial charge is 0.171 e. The maximum atomic E-state index is 11.2. The lowest BCUT2D eigenvalue weighted by molar-refractivity contribution is -0.273. The highest BCUT2D eigenvalue weighted by molar-refractivity contribution is 5.16. The zero-order chi connectivity index (χ0) is 21.8. The first-order chi connectivity index (χ1) is 14.7. The summed E-state index contributed by atoms with van der Waals surface area (Å²) >= 11 is 0. The Balaban J connectivity index is 1.28. The predicted molar refractivity (Wildman–Crippen MR) is 119 cm³/mol. The zero-order valence-electron chi connectivity index (χ0n) is 20.1. The lowest BCUT2D eigenvalue weighted by Gasteiger charge is -2.62. The van der Waals surface area contributed by atoms with E-state index in [2.05, 4.69) is 27.7 Å². The normalized spacial score (nSPS) is 63.3. The van der Waals surface area contributed by atoms with Crippen molar-refractivity contribution < 1.29 is 19.7 Å². The Morgan fingerprint density at radius 2 is 1.58 bits per heavy atom. The molecule has 2 saturated heterocycles. The molecule has 0 aromatic heterocycles. The molecule has 6 fully saturated rings. The molecule has 0 amide bonds. The van der Waals surface area contributed by atoms with E-state index in [1.807, 2.05) is 0 Å². The second kappa shape index (κ2) is 6.93. The quantitative estimate of drug-likeness (QED) is 0.579. The first kappa shape index (κ1) is 21.4.